The highest BCUT2D eigenvalue weighted by atomic mass is 16.5. The van der Waals surface area contributed by atoms with Crippen LogP contribution in [0.3, 0.4) is 0 Å². The fourth-order valence-corrected chi connectivity index (χ4v) is 1.96. The molecule has 1 fully saturated rings. The summed E-state index contributed by atoms with van der Waals surface area (Å²) in [5.41, 5.74) is 1.35. The number of rotatable bonds is 3. The van der Waals surface area contributed by atoms with Gasteiger partial charge in [-0.05, 0) is 45.4 Å². The molecule has 0 unspecified atom stereocenters. The number of allylic oxidation sites excluding steroid dienone is 1. The summed E-state index contributed by atoms with van der Waals surface area (Å²) in [6.07, 6.45) is 5.54. The van der Waals surface area contributed by atoms with Crippen molar-refractivity contribution in [2.45, 2.75) is 45.6 Å². The average Bonchev–Trinajstić information content (AvgIpc) is 2.06. The van der Waals surface area contributed by atoms with Gasteiger partial charge in [-0.15, -0.1) is 0 Å². The highest BCUT2D eigenvalue weighted by Crippen LogP contribution is 2.30. The Morgan fingerprint density at radius 2 is 1.92 bits per heavy atom. The molecule has 0 atom stereocenters. The van der Waals surface area contributed by atoms with Gasteiger partial charge in [-0.3, -0.25) is 0 Å². The average molecular weight is 168 g/mol. The van der Waals surface area contributed by atoms with Crippen LogP contribution in [0.4, 0.5) is 0 Å². The van der Waals surface area contributed by atoms with Crippen molar-refractivity contribution in [3.8, 4) is 0 Å². The number of ether oxygens (including phenoxy) is 1. The van der Waals surface area contributed by atoms with Crippen LogP contribution in [0.2, 0.25) is 0 Å². The maximum Gasteiger partial charge on any atom is 0.0575 e. The predicted octanol–water partition coefficient (Wildman–Crippen LogP) is 3.16. The van der Waals surface area contributed by atoms with Crippen molar-refractivity contribution in [2.75, 3.05) is 6.61 Å². The second kappa shape index (κ2) is 4.66. The molecule has 1 aliphatic carbocycles. The Labute approximate surface area is 75.8 Å². The van der Waals surface area contributed by atoms with E-state index in [0.717, 1.165) is 12.5 Å². The molecule has 1 aliphatic rings. The van der Waals surface area contributed by atoms with Crippen molar-refractivity contribution in [1.29, 1.82) is 0 Å². The molecule has 0 radical (unpaired) electrons. The van der Waals surface area contributed by atoms with E-state index in [4.69, 9.17) is 4.74 Å². The molecule has 0 N–H and O–H groups in total. The lowest BCUT2D eigenvalue weighted by Crippen LogP contribution is -2.21. The summed E-state index contributed by atoms with van der Waals surface area (Å²) in [4.78, 5) is 0. The van der Waals surface area contributed by atoms with E-state index in [-0.39, 0.29) is 0 Å². The second-order valence-corrected chi connectivity index (χ2v) is 3.78. The first kappa shape index (κ1) is 9.79. The monoisotopic (exact) mass is 168 g/mol. The van der Waals surface area contributed by atoms with Crippen LogP contribution in [0.1, 0.15) is 39.5 Å². The molecule has 1 rings (SSSR count). The molecule has 0 bridgehead atoms. The molecule has 0 aromatic rings. The largest absolute Gasteiger partial charge is 0.379 e. The number of hydrogen-bond acceptors (Lipinski definition) is 1. The van der Waals surface area contributed by atoms with Gasteiger partial charge in [0.15, 0.2) is 0 Å². The van der Waals surface area contributed by atoms with Gasteiger partial charge in [0, 0.05) is 6.61 Å². The Kier molecular flexibility index (Phi) is 3.80. The van der Waals surface area contributed by atoms with Gasteiger partial charge in [-0.25, -0.2) is 0 Å². The van der Waals surface area contributed by atoms with E-state index in [1.54, 1.807) is 0 Å². The third kappa shape index (κ3) is 2.63. The first-order chi connectivity index (χ1) is 5.74. The van der Waals surface area contributed by atoms with Crippen molar-refractivity contribution < 1.29 is 4.74 Å². The summed E-state index contributed by atoms with van der Waals surface area (Å²) in [5.74, 6) is 0.765. The summed E-state index contributed by atoms with van der Waals surface area (Å²) < 4.78 is 5.58. The fraction of sp³-hybridized carbons (Fsp3) is 0.818. The summed E-state index contributed by atoms with van der Waals surface area (Å²) in [7, 11) is 0. The molecule has 70 valence electrons. The van der Waals surface area contributed by atoms with Crippen molar-refractivity contribution in [3.63, 3.8) is 0 Å². The first-order valence-electron chi connectivity index (χ1n) is 5.01. The minimum absolute atomic E-state index is 0.533. The Balaban J connectivity index is 2.25. The van der Waals surface area contributed by atoms with Gasteiger partial charge in [0.25, 0.3) is 0 Å². The molecule has 0 aromatic carbocycles. The number of hydrogen-bond donors (Lipinski definition) is 0. The molecule has 0 heterocycles. The van der Waals surface area contributed by atoms with Gasteiger partial charge >= 0.3 is 0 Å². The summed E-state index contributed by atoms with van der Waals surface area (Å²) in [5, 5.41) is 0. The highest BCUT2D eigenvalue weighted by Gasteiger charge is 2.21. The molecule has 0 aromatic heterocycles. The zero-order valence-electron chi connectivity index (χ0n) is 8.31. The summed E-state index contributed by atoms with van der Waals surface area (Å²) in [6, 6.07) is 0. The summed E-state index contributed by atoms with van der Waals surface area (Å²) >= 11 is 0. The molecule has 0 spiro atoms. The van der Waals surface area contributed by atoms with Crippen LogP contribution in [0, 0.1) is 5.92 Å². The molecule has 0 aliphatic heterocycles. The zero-order chi connectivity index (χ0) is 8.97. The molecule has 0 saturated heterocycles. The minimum Gasteiger partial charge on any atom is -0.379 e. The standard InChI is InChI=1S/C11H20O/c1-4-12-11-7-5-10(6-8-11)9(2)3/h10-11H,2,4-8H2,1,3H3. The molecule has 0 amide bonds. The third-order valence-corrected chi connectivity index (χ3v) is 2.77. The van der Waals surface area contributed by atoms with E-state index in [1.165, 1.54) is 31.3 Å². The lowest BCUT2D eigenvalue weighted by atomic mass is 9.83. The van der Waals surface area contributed by atoms with Gasteiger partial charge in [-0.2, -0.15) is 0 Å². The summed E-state index contributed by atoms with van der Waals surface area (Å²) in [6.45, 7) is 9.09. The normalized spacial score (nSPS) is 30.2. The van der Waals surface area contributed by atoms with Crippen LogP contribution in [0.25, 0.3) is 0 Å². The van der Waals surface area contributed by atoms with Gasteiger partial charge in [0.1, 0.15) is 0 Å². The highest BCUT2D eigenvalue weighted by molar-refractivity contribution is 4.98. The molecular formula is C11H20O. The topological polar surface area (TPSA) is 9.23 Å². The van der Waals surface area contributed by atoms with Crippen LogP contribution in [-0.2, 0) is 4.74 Å². The van der Waals surface area contributed by atoms with E-state index in [9.17, 15) is 0 Å². The van der Waals surface area contributed by atoms with Crippen molar-refractivity contribution >= 4 is 0 Å². The molecule has 1 nitrogen and oxygen atoms in total. The van der Waals surface area contributed by atoms with Crippen LogP contribution >= 0.6 is 0 Å². The minimum atomic E-state index is 0.533. The quantitative estimate of drug-likeness (QED) is 0.588. The van der Waals surface area contributed by atoms with E-state index in [2.05, 4.69) is 20.4 Å². The lowest BCUT2D eigenvalue weighted by molar-refractivity contribution is 0.0293. The van der Waals surface area contributed by atoms with Crippen molar-refractivity contribution in [2.24, 2.45) is 5.92 Å². The Morgan fingerprint density at radius 3 is 2.33 bits per heavy atom. The van der Waals surface area contributed by atoms with Crippen molar-refractivity contribution in [1.82, 2.24) is 0 Å². The Hall–Kier alpha value is -0.300. The lowest BCUT2D eigenvalue weighted by Gasteiger charge is -2.28. The molecular weight excluding hydrogens is 148 g/mol. The van der Waals surface area contributed by atoms with E-state index in [0.29, 0.717) is 6.10 Å². The molecule has 1 saturated carbocycles. The first-order valence-corrected chi connectivity index (χ1v) is 5.01. The fourth-order valence-electron chi connectivity index (χ4n) is 1.96. The van der Waals surface area contributed by atoms with Crippen LogP contribution < -0.4 is 0 Å². The van der Waals surface area contributed by atoms with Crippen molar-refractivity contribution in [3.05, 3.63) is 12.2 Å². The Morgan fingerprint density at radius 1 is 1.33 bits per heavy atom. The van der Waals surface area contributed by atoms with Crippen LogP contribution in [0.5, 0.6) is 0 Å². The maximum atomic E-state index is 5.58. The smallest absolute Gasteiger partial charge is 0.0575 e. The van der Waals surface area contributed by atoms with Gasteiger partial charge in [0.2, 0.25) is 0 Å². The second-order valence-electron chi connectivity index (χ2n) is 3.78. The van der Waals surface area contributed by atoms with E-state index >= 15 is 0 Å². The SMILES string of the molecule is C=C(C)C1CCC(OCC)CC1. The van der Waals surface area contributed by atoms with E-state index < -0.39 is 0 Å². The molecule has 1 heteroatoms. The molecule has 12 heavy (non-hydrogen) atoms. The third-order valence-electron chi connectivity index (χ3n) is 2.77. The van der Waals surface area contributed by atoms with Crippen LogP contribution in [-0.4, -0.2) is 12.7 Å². The van der Waals surface area contributed by atoms with E-state index in [1.807, 2.05) is 0 Å². The van der Waals surface area contributed by atoms with Gasteiger partial charge in [-0.1, -0.05) is 12.2 Å². The van der Waals surface area contributed by atoms with Gasteiger partial charge < -0.3 is 4.74 Å². The predicted molar refractivity (Wildman–Crippen MR) is 52.2 cm³/mol. The van der Waals surface area contributed by atoms with Gasteiger partial charge in [0.05, 0.1) is 6.10 Å². The Bertz CT molecular complexity index is 143. The zero-order valence-corrected chi connectivity index (χ0v) is 8.31. The van der Waals surface area contributed by atoms with Crippen LogP contribution in [0.15, 0.2) is 12.2 Å². The maximum absolute atomic E-state index is 5.58.